The van der Waals surface area contributed by atoms with Crippen molar-refractivity contribution in [2.75, 3.05) is 36.5 Å². The highest BCUT2D eigenvalue weighted by Crippen LogP contribution is 2.49. The fourth-order valence-corrected chi connectivity index (χ4v) is 5.48. The molecule has 0 bridgehead atoms. The van der Waals surface area contributed by atoms with E-state index in [0.29, 0.717) is 13.1 Å². The molecule has 1 saturated heterocycles. The van der Waals surface area contributed by atoms with Crippen LogP contribution in [0.25, 0.3) is 10.9 Å². The second-order valence-electron chi connectivity index (χ2n) is 7.53. The number of nitrogens with one attached hydrogen (secondary N) is 2. The monoisotopic (exact) mass is 439 g/mol. The number of nitrogens with two attached hydrogens (primary N) is 1. The molecular formula is C19H23F2N5O3S. The lowest BCUT2D eigenvalue weighted by Gasteiger charge is -2.34. The van der Waals surface area contributed by atoms with Crippen molar-refractivity contribution in [2.24, 2.45) is 11.8 Å². The van der Waals surface area contributed by atoms with Gasteiger partial charge in [0.15, 0.2) is 11.6 Å². The predicted molar refractivity (Wildman–Crippen MR) is 112 cm³/mol. The molecule has 1 aromatic heterocycles. The van der Waals surface area contributed by atoms with Crippen LogP contribution in [0.3, 0.4) is 0 Å². The average Bonchev–Trinajstić information content (AvgIpc) is 3.15. The summed E-state index contributed by atoms with van der Waals surface area (Å²) >= 11 is 1.16. The number of aromatic nitrogens is 1. The molecular weight excluding hydrogens is 416 g/mol. The van der Waals surface area contributed by atoms with E-state index in [9.17, 15) is 14.7 Å². The number of fused-ring (bicyclic) bond motifs is 3. The van der Waals surface area contributed by atoms with Crippen LogP contribution in [0, 0.1) is 17.6 Å². The third-order valence-electron chi connectivity index (χ3n) is 5.75. The lowest BCUT2D eigenvalue weighted by molar-refractivity contribution is 0.0689. The molecule has 0 saturated carbocycles. The van der Waals surface area contributed by atoms with Crippen molar-refractivity contribution in [3.8, 4) is 0 Å². The standard InChI is InChI=1S/C19H23F2N5O3S/c1-3-23-6-9-4-5-25(7-9)16-12(20)14(24-22)10-15(13(16)21)26-8(2)30-18(26)11(17(10)27)19(28)29/h8-9,23-24H,3-7,22H2,1-2H3,(H,28,29). The number of anilines is 2. The number of aromatic carboxylic acids is 1. The Morgan fingerprint density at radius 3 is 2.70 bits per heavy atom. The van der Waals surface area contributed by atoms with Crippen LogP contribution >= 0.6 is 11.8 Å². The van der Waals surface area contributed by atoms with Gasteiger partial charge in [0.1, 0.15) is 16.9 Å². The van der Waals surface area contributed by atoms with E-state index in [1.807, 2.05) is 6.92 Å². The number of pyridine rings is 1. The Labute approximate surface area is 175 Å². The molecule has 5 N–H and O–H groups in total. The SMILES string of the molecule is CCNCC1CCN(c2c(F)c(NN)c3c(=O)c(C(=O)O)c4n(c3c2F)C(C)S4)C1. The fourth-order valence-electron chi connectivity index (χ4n) is 4.34. The number of hydrogen-bond acceptors (Lipinski definition) is 7. The first-order chi connectivity index (χ1) is 14.3. The second kappa shape index (κ2) is 7.71. The summed E-state index contributed by atoms with van der Waals surface area (Å²) in [4.78, 5) is 26.2. The number of thioether (sulfide) groups is 1. The summed E-state index contributed by atoms with van der Waals surface area (Å²) in [6, 6.07) is 0. The Morgan fingerprint density at radius 2 is 2.10 bits per heavy atom. The molecule has 2 atom stereocenters. The summed E-state index contributed by atoms with van der Waals surface area (Å²) in [6.45, 7) is 6.24. The maximum atomic E-state index is 15.8. The fraction of sp³-hybridized carbons (Fsp3) is 0.474. The van der Waals surface area contributed by atoms with Gasteiger partial charge in [-0.1, -0.05) is 18.7 Å². The van der Waals surface area contributed by atoms with Crippen LogP contribution in [0.2, 0.25) is 0 Å². The van der Waals surface area contributed by atoms with E-state index in [0.717, 1.165) is 31.3 Å². The predicted octanol–water partition coefficient (Wildman–Crippen LogP) is 2.32. The van der Waals surface area contributed by atoms with Gasteiger partial charge in [0.05, 0.1) is 21.3 Å². The smallest absolute Gasteiger partial charge is 0.342 e. The van der Waals surface area contributed by atoms with E-state index in [1.54, 1.807) is 11.8 Å². The summed E-state index contributed by atoms with van der Waals surface area (Å²) in [6.07, 6.45) is 0.775. The van der Waals surface area contributed by atoms with E-state index in [1.165, 1.54) is 4.57 Å². The molecule has 2 aliphatic rings. The number of carbonyl (C=O) groups is 1. The summed E-state index contributed by atoms with van der Waals surface area (Å²) in [7, 11) is 0. The van der Waals surface area contributed by atoms with Crippen LogP contribution in [-0.2, 0) is 0 Å². The Kier molecular flexibility index (Phi) is 5.37. The molecule has 1 fully saturated rings. The number of nitrogen functional groups attached to an aromatic ring is 1. The second-order valence-corrected chi connectivity index (χ2v) is 8.83. The number of hydrazine groups is 1. The number of carboxylic acid groups (broad SMARTS) is 1. The van der Waals surface area contributed by atoms with Crippen LogP contribution in [0.1, 0.15) is 36.0 Å². The maximum absolute atomic E-state index is 15.8. The number of halogens is 2. The minimum atomic E-state index is -1.44. The molecule has 0 amide bonds. The Bertz CT molecular complexity index is 1110. The first kappa shape index (κ1) is 20.9. The van der Waals surface area contributed by atoms with Gasteiger partial charge in [-0.15, -0.1) is 0 Å². The molecule has 30 heavy (non-hydrogen) atoms. The van der Waals surface area contributed by atoms with Gasteiger partial charge in [0.25, 0.3) is 0 Å². The lowest BCUT2D eigenvalue weighted by Crippen LogP contribution is -2.32. The van der Waals surface area contributed by atoms with Gasteiger partial charge < -0.3 is 25.3 Å². The zero-order chi connectivity index (χ0) is 21.7. The van der Waals surface area contributed by atoms with Crippen LogP contribution in [0.4, 0.5) is 20.2 Å². The lowest BCUT2D eigenvalue weighted by atomic mass is 10.1. The molecule has 162 valence electrons. The van der Waals surface area contributed by atoms with Gasteiger partial charge in [0.2, 0.25) is 5.43 Å². The number of carboxylic acids is 1. The van der Waals surface area contributed by atoms with Gasteiger partial charge >= 0.3 is 5.97 Å². The van der Waals surface area contributed by atoms with E-state index in [-0.39, 0.29) is 38.6 Å². The van der Waals surface area contributed by atoms with Gasteiger partial charge in [-0.05, 0) is 32.4 Å². The molecule has 3 heterocycles. The zero-order valence-electron chi connectivity index (χ0n) is 16.6. The first-order valence-electron chi connectivity index (χ1n) is 9.77. The number of hydrogen-bond donors (Lipinski definition) is 4. The van der Waals surface area contributed by atoms with Crippen molar-refractivity contribution < 1.29 is 18.7 Å². The normalized spacial score (nSPS) is 20.4. The minimum absolute atomic E-state index is 0.120. The van der Waals surface area contributed by atoms with Gasteiger partial charge in [-0.3, -0.25) is 10.6 Å². The topological polar surface area (TPSA) is 113 Å². The van der Waals surface area contributed by atoms with E-state index in [4.69, 9.17) is 5.84 Å². The summed E-state index contributed by atoms with van der Waals surface area (Å²) in [5.74, 6) is 2.47. The quantitative estimate of drug-likeness (QED) is 0.401. The first-order valence-corrected chi connectivity index (χ1v) is 10.6. The van der Waals surface area contributed by atoms with Crippen LogP contribution < -0.4 is 26.9 Å². The Balaban J connectivity index is 1.96. The van der Waals surface area contributed by atoms with Crippen LogP contribution in [-0.4, -0.2) is 41.8 Å². The van der Waals surface area contributed by atoms with Crippen LogP contribution in [0.15, 0.2) is 9.82 Å². The third-order valence-corrected chi connectivity index (χ3v) is 6.92. The minimum Gasteiger partial charge on any atom is -0.477 e. The molecule has 8 nitrogen and oxygen atoms in total. The van der Waals surface area contributed by atoms with E-state index >= 15 is 8.78 Å². The molecule has 0 aliphatic carbocycles. The average molecular weight is 439 g/mol. The number of rotatable bonds is 6. The molecule has 1 aromatic carbocycles. The molecule has 2 unspecified atom stereocenters. The van der Waals surface area contributed by atoms with E-state index in [2.05, 4.69) is 10.7 Å². The molecule has 0 spiro atoms. The van der Waals surface area contributed by atoms with Crippen molar-refractivity contribution in [1.82, 2.24) is 9.88 Å². The van der Waals surface area contributed by atoms with Crippen molar-refractivity contribution in [3.05, 3.63) is 27.4 Å². The van der Waals surface area contributed by atoms with Crippen molar-refractivity contribution in [1.29, 1.82) is 0 Å². The number of benzene rings is 1. The highest BCUT2D eigenvalue weighted by Gasteiger charge is 2.38. The number of nitrogens with zero attached hydrogens (tertiary/aromatic N) is 2. The molecule has 2 aromatic rings. The summed E-state index contributed by atoms with van der Waals surface area (Å²) < 4.78 is 32.6. The largest absolute Gasteiger partial charge is 0.477 e. The third kappa shape index (κ3) is 2.95. The Morgan fingerprint density at radius 1 is 1.37 bits per heavy atom. The van der Waals surface area contributed by atoms with E-state index < -0.39 is 28.6 Å². The highest BCUT2D eigenvalue weighted by atomic mass is 32.2. The zero-order valence-corrected chi connectivity index (χ0v) is 17.4. The maximum Gasteiger partial charge on any atom is 0.342 e. The molecule has 2 aliphatic heterocycles. The van der Waals surface area contributed by atoms with Gasteiger partial charge in [-0.25, -0.2) is 13.6 Å². The van der Waals surface area contributed by atoms with Crippen molar-refractivity contribution in [2.45, 2.75) is 30.7 Å². The van der Waals surface area contributed by atoms with Gasteiger partial charge in [0, 0.05) is 13.1 Å². The molecule has 4 rings (SSSR count). The molecule has 11 heteroatoms. The van der Waals surface area contributed by atoms with Crippen LogP contribution in [0.5, 0.6) is 0 Å². The molecule has 0 radical (unpaired) electrons. The Hall–Kier alpha value is -2.37. The van der Waals surface area contributed by atoms with Crippen molar-refractivity contribution in [3.63, 3.8) is 0 Å². The van der Waals surface area contributed by atoms with Crippen molar-refractivity contribution >= 4 is 40.0 Å². The highest BCUT2D eigenvalue weighted by molar-refractivity contribution is 8.00. The van der Waals surface area contributed by atoms with Gasteiger partial charge in [-0.2, -0.15) is 0 Å². The summed E-state index contributed by atoms with van der Waals surface area (Å²) in [5, 5.41) is 12.2. The summed E-state index contributed by atoms with van der Waals surface area (Å²) in [5.41, 5.74) is -0.0232.